The zero-order valence-electron chi connectivity index (χ0n) is 16.5. The van der Waals surface area contributed by atoms with Crippen LogP contribution in [-0.4, -0.2) is 50.2 Å². The van der Waals surface area contributed by atoms with E-state index in [1.165, 1.54) is 18.2 Å². The minimum atomic E-state index is -0.416. The lowest BCUT2D eigenvalue weighted by Crippen LogP contribution is -3.11. The average molecular weight is 402 g/mol. The van der Waals surface area contributed by atoms with Gasteiger partial charge >= 0.3 is 0 Å². The molecule has 1 aliphatic rings. The van der Waals surface area contributed by atoms with Crippen LogP contribution in [0.2, 0.25) is 0 Å². The van der Waals surface area contributed by atoms with Gasteiger partial charge in [0.1, 0.15) is 5.82 Å². The maximum atomic E-state index is 13.2. The number of carbonyl (C=O) groups excluding carboxylic acids is 2. The molecule has 2 aromatic rings. The van der Waals surface area contributed by atoms with Crippen molar-refractivity contribution in [2.24, 2.45) is 0 Å². The Morgan fingerprint density at radius 2 is 1.93 bits per heavy atom. The molecule has 0 saturated carbocycles. The summed E-state index contributed by atoms with van der Waals surface area (Å²) in [7, 11) is 1.78. The summed E-state index contributed by atoms with van der Waals surface area (Å²) in [6.07, 6.45) is 0. The van der Waals surface area contributed by atoms with Crippen LogP contribution in [0.25, 0.3) is 0 Å². The third-order valence-corrected chi connectivity index (χ3v) is 4.57. The van der Waals surface area contributed by atoms with E-state index in [2.05, 4.69) is 5.32 Å². The van der Waals surface area contributed by atoms with Crippen LogP contribution < -0.4 is 19.7 Å². The zero-order valence-corrected chi connectivity index (χ0v) is 16.5. The number of likely N-dealkylation sites (N-methyl/N-ethyl adjacent to an activating group) is 2. The summed E-state index contributed by atoms with van der Waals surface area (Å²) in [5.74, 6) is 0.640. The Balaban J connectivity index is 1.51. The van der Waals surface area contributed by atoms with E-state index in [9.17, 15) is 14.0 Å². The van der Waals surface area contributed by atoms with E-state index in [0.717, 1.165) is 10.5 Å². The van der Waals surface area contributed by atoms with Crippen molar-refractivity contribution in [1.82, 2.24) is 4.90 Å². The number of nitrogens with one attached hydrogen (secondary N) is 2. The second kappa shape index (κ2) is 9.38. The molecule has 2 amide bonds. The van der Waals surface area contributed by atoms with Crippen LogP contribution in [0, 0.1) is 5.82 Å². The van der Waals surface area contributed by atoms with Crippen LogP contribution in [0.1, 0.15) is 12.5 Å². The van der Waals surface area contributed by atoms with Crippen molar-refractivity contribution in [2.45, 2.75) is 13.5 Å². The molecule has 1 atom stereocenters. The smallest absolute Gasteiger partial charge is 0.279 e. The summed E-state index contributed by atoms with van der Waals surface area (Å²) in [4.78, 5) is 27.3. The van der Waals surface area contributed by atoms with E-state index in [4.69, 9.17) is 9.47 Å². The number of benzene rings is 2. The summed E-state index contributed by atoms with van der Waals surface area (Å²) >= 11 is 0. The summed E-state index contributed by atoms with van der Waals surface area (Å²) < 4.78 is 23.9. The highest BCUT2D eigenvalue weighted by atomic mass is 19.1. The number of hydrogen-bond donors (Lipinski definition) is 2. The van der Waals surface area contributed by atoms with Crippen molar-refractivity contribution in [3.63, 3.8) is 0 Å². The van der Waals surface area contributed by atoms with Crippen LogP contribution in [0.15, 0.2) is 42.5 Å². The van der Waals surface area contributed by atoms with E-state index < -0.39 is 5.82 Å². The van der Waals surface area contributed by atoms with Gasteiger partial charge in [-0.1, -0.05) is 12.1 Å². The molecule has 154 valence electrons. The zero-order chi connectivity index (χ0) is 20.8. The summed E-state index contributed by atoms with van der Waals surface area (Å²) in [5, 5.41) is 2.64. The van der Waals surface area contributed by atoms with Crippen molar-refractivity contribution >= 4 is 17.5 Å². The lowest BCUT2D eigenvalue weighted by molar-refractivity contribution is -0.862. The number of halogens is 1. The van der Waals surface area contributed by atoms with Gasteiger partial charge in [0.05, 0.1) is 7.05 Å². The van der Waals surface area contributed by atoms with Crippen molar-refractivity contribution in [1.29, 1.82) is 0 Å². The molecule has 1 aliphatic heterocycles. The van der Waals surface area contributed by atoms with Crippen LogP contribution in [-0.2, 0) is 16.1 Å². The summed E-state index contributed by atoms with van der Waals surface area (Å²) in [6, 6.07) is 11.3. The van der Waals surface area contributed by atoms with E-state index in [1.54, 1.807) is 18.0 Å². The number of fused-ring (bicyclic) bond motifs is 1. The fourth-order valence-corrected chi connectivity index (χ4v) is 3.11. The average Bonchev–Trinajstić information content (AvgIpc) is 3.13. The van der Waals surface area contributed by atoms with Gasteiger partial charge in [-0.15, -0.1) is 0 Å². The first-order chi connectivity index (χ1) is 13.9. The number of quaternary nitrogens is 1. The van der Waals surface area contributed by atoms with Crippen LogP contribution >= 0.6 is 0 Å². The molecule has 8 heteroatoms. The largest absolute Gasteiger partial charge is 0.454 e. The van der Waals surface area contributed by atoms with Crippen LogP contribution in [0.5, 0.6) is 11.5 Å². The molecule has 3 rings (SSSR count). The Bertz CT molecular complexity index is 890. The number of ether oxygens (including phenoxy) is 2. The van der Waals surface area contributed by atoms with Crippen molar-refractivity contribution in [2.75, 3.05) is 38.8 Å². The monoisotopic (exact) mass is 402 g/mol. The quantitative estimate of drug-likeness (QED) is 0.693. The summed E-state index contributed by atoms with van der Waals surface area (Å²) in [5.41, 5.74) is 1.35. The van der Waals surface area contributed by atoms with Crippen molar-refractivity contribution < 1.29 is 28.4 Å². The lowest BCUT2D eigenvalue weighted by atomic mass is 10.2. The molecule has 29 heavy (non-hydrogen) atoms. The minimum absolute atomic E-state index is 0.0544. The van der Waals surface area contributed by atoms with E-state index in [1.807, 2.05) is 25.1 Å². The van der Waals surface area contributed by atoms with Crippen LogP contribution in [0.3, 0.4) is 0 Å². The maximum Gasteiger partial charge on any atom is 0.279 e. The highest BCUT2D eigenvalue weighted by Crippen LogP contribution is 2.32. The molecule has 2 N–H and O–H groups in total. The van der Waals surface area contributed by atoms with Gasteiger partial charge < -0.3 is 24.6 Å². The number of nitrogens with zero attached hydrogens (tertiary/aromatic N) is 1. The first-order valence-corrected chi connectivity index (χ1v) is 9.47. The predicted octanol–water partition coefficient (Wildman–Crippen LogP) is 1.06. The highest BCUT2D eigenvalue weighted by molar-refractivity contribution is 5.91. The fourth-order valence-electron chi connectivity index (χ4n) is 3.11. The third-order valence-electron chi connectivity index (χ3n) is 4.57. The van der Waals surface area contributed by atoms with Crippen LogP contribution in [0.4, 0.5) is 10.1 Å². The maximum absolute atomic E-state index is 13.2. The van der Waals surface area contributed by atoms with Crippen molar-refractivity contribution in [3.05, 3.63) is 53.8 Å². The third kappa shape index (κ3) is 5.68. The minimum Gasteiger partial charge on any atom is -0.454 e. The van der Waals surface area contributed by atoms with Gasteiger partial charge in [-0.3, -0.25) is 9.59 Å². The van der Waals surface area contributed by atoms with Gasteiger partial charge in [-0.05, 0) is 42.8 Å². The van der Waals surface area contributed by atoms with Gasteiger partial charge in [-0.2, -0.15) is 0 Å². The number of hydrogen-bond acceptors (Lipinski definition) is 4. The normalized spacial score (nSPS) is 13.1. The number of amides is 2. The van der Waals surface area contributed by atoms with Gasteiger partial charge in [0.15, 0.2) is 24.6 Å². The van der Waals surface area contributed by atoms with Gasteiger partial charge in [-0.25, -0.2) is 4.39 Å². The Labute approximate surface area is 169 Å². The molecule has 0 aliphatic carbocycles. The van der Waals surface area contributed by atoms with Crippen molar-refractivity contribution in [3.8, 4) is 11.5 Å². The molecular formula is C21H25FN3O4+. The predicted molar refractivity (Wildman–Crippen MR) is 105 cm³/mol. The van der Waals surface area contributed by atoms with E-state index in [0.29, 0.717) is 30.3 Å². The standard InChI is InChI=1S/C21H24FN3O4/c1-3-25(11-15-7-8-18-19(9-15)29-14-28-18)21(27)13-24(2)12-20(26)23-17-6-4-5-16(22)10-17/h4-10H,3,11-14H2,1-2H3,(H,23,26)/p+1. The fraction of sp³-hybridized carbons (Fsp3) is 0.333. The second-order valence-corrected chi connectivity index (χ2v) is 6.96. The Hall–Kier alpha value is -3.13. The molecule has 7 nitrogen and oxygen atoms in total. The number of rotatable bonds is 8. The molecule has 0 aromatic heterocycles. The topological polar surface area (TPSA) is 72.3 Å². The molecule has 0 bridgehead atoms. The Morgan fingerprint density at radius 1 is 1.14 bits per heavy atom. The van der Waals surface area contributed by atoms with E-state index in [-0.39, 0.29) is 31.7 Å². The summed E-state index contributed by atoms with van der Waals surface area (Å²) in [6.45, 7) is 3.40. The molecule has 0 fully saturated rings. The highest BCUT2D eigenvalue weighted by Gasteiger charge is 2.20. The SMILES string of the molecule is CCN(Cc1ccc2c(c1)OCO2)C(=O)C[NH+](C)CC(=O)Nc1cccc(F)c1. The Kier molecular flexibility index (Phi) is 6.66. The molecule has 2 aromatic carbocycles. The number of carbonyl (C=O) groups is 2. The van der Waals surface area contributed by atoms with E-state index >= 15 is 0 Å². The van der Waals surface area contributed by atoms with Gasteiger partial charge in [0, 0.05) is 18.8 Å². The Morgan fingerprint density at radius 3 is 2.69 bits per heavy atom. The first-order valence-electron chi connectivity index (χ1n) is 9.47. The molecule has 0 saturated heterocycles. The molecule has 0 spiro atoms. The molecule has 0 radical (unpaired) electrons. The second-order valence-electron chi connectivity index (χ2n) is 6.96. The first kappa shape index (κ1) is 20.6. The molecule has 1 unspecified atom stereocenters. The number of anilines is 1. The van der Waals surface area contributed by atoms with Gasteiger partial charge in [0.25, 0.3) is 11.8 Å². The molecule has 1 heterocycles. The van der Waals surface area contributed by atoms with Gasteiger partial charge in [0.2, 0.25) is 6.79 Å². The molecular weight excluding hydrogens is 377 g/mol. The lowest BCUT2D eigenvalue weighted by Gasteiger charge is -2.23.